The van der Waals surface area contributed by atoms with E-state index in [4.69, 9.17) is 4.74 Å². The van der Waals surface area contributed by atoms with Gasteiger partial charge in [-0.3, -0.25) is 14.4 Å². The molecule has 0 radical (unpaired) electrons. The van der Waals surface area contributed by atoms with Gasteiger partial charge in [0, 0.05) is 18.8 Å². The SMILES string of the molecule is Cc1cc(C)cc(N2CCN(C(=O)[C@@H]3CC(=O)OC34CCCC4)CC2=O)c1. The van der Waals surface area contributed by atoms with E-state index in [1.54, 1.807) is 9.80 Å². The Hall–Kier alpha value is -2.37. The van der Waals surface area contributed by atoms with Gasteiger partial charge in [0.05, 0.1) is 12.3 Å². The molecule has 0 N–H and O–H groups in total. The number of hydrogen-bond acceptors (Lipinski definition) is 4. The lowest BCUT2D eigenvalue weighted by Gasteiger charge is -2.37. The number of anilines is 1. The zero-order valence-electron chi connectivity index (χ0n) is 16.0. The lowest BCUT2D eigenvalue weighted by atomic mass is 9.84. The first kappa shape index (κ1) is 18.0. The fourth-order valence-electron chi connectivity index (χ4n) is 4.89. The molecule has 4 rings (SSSR count). The highest BCUT2D eigenvalue weighted by atomic mass is 16.6. The van der Waals surface area contributed by atoms with Crippen molar-refractivity contribution in [3.05, 3.63) is 29.3 Å². The van der Waals surface area contributed by atoms with Gasteiger partial charge in [-0.1, -0.05) is 6.07 Å². The molecule has 0 aromatic heterocycles. The Morgan fingerprint density at radius 2 is 1.74 bits per heavy atom. The Kier molecular flexibility index (Phi) is 4.44. The summed E-state index contributed by atoms with van der Waals surface area (Å²) in [5, 5.41) is 0. The Morgan fingerprint density at radius 1 is 1.07 bits per heavy atom. The van der Waals surface area contributed by atoms with Crippen LogP contribution in [-0.4, -0.2) is 47.9 Å². The van der Waals surface area contributed by atoms with Gasteiger partial charge in [0.25, 0.3) is 0 Å². The number of carbonyl (C=O) groups excluding carboxylic acids is 3. The number of aryl methyl sites for hydroxylation is 2. The molecule has 1 spiro atoms. The van der Waals surface area contributed by atoms with Crippen molar-refractivity contribution in [1.29, 1.82) is 0 Å². The molecule has 0 unspecified atom stereocenters. The normalized spacial score (nSPS) is 24.6. The molecule has 3 fully saturated rings. The molecule has 3 aliphatic rings. The highest BCUT2D eigenvalue weighted by Gasteiger charge is 2.55. The second-order valence-electron chi connectivity index (χ2n) is 8.15. The Morgan fingerprint density at radius 3 is 2.37 bits per heavy atom. The van der Waals surface area contributed by atoms with Crippen LogP contribution in [0.25, 0.3) is 0 Å². The van der Waals surface area contributed by atoms with Crippen LogP contribution in [-0.2, 0) is 19.1 Å². The summed E-state index contributed by atoms with van der Waals surface area (Å²) in [6, 6.07) is 6.07. The molecule has 27 heavy (non-hydrogen) atoms. The zero-order chi connectivity index (χ0) is 19.2. The molecule has 2 amide bonds. The summed E-state index contributed by atoms with van der Waals surface area (Å²) in [6.45, 7) is 5.05. The number of carbonyl (C=O) groups is 3. The van der Waals surface area contributed by atoms with E-state index in [-0.39, 0.29) is 30.7 Å². The molecule has 1 aromatic rings. The minimum atomic E-state index is -0.623. The number of piperazine rings is 1. The monoisotopic (exact) mass is 370 g/mol. The van der Waals surface area contributed by atoms with E-state index in [0.717, 1.165) is 42.5 Å². The number of esters is 1. The molecular weight excluding hydrogens is 344 g/mol. The van der Waals surface area contributed by atoms with Crippen LogP contribution in [0.4, 0.5) is 5.69 Å². The molecule has 1 atom stereocenters. The topological polar surface area (TPSA) is 66.9 Å². The van der Waals surface area contributed by atoms with E-state index < -0.39 is 11.5 Å². The maximum absolute atomic E-state index is 13.1. The smallest absolute Gasteiger partial charge is 0.307 e. The van der Waals surface area contributed by atoms with Crippen molar-refractivity contribution in [2.45, 2.75) is 51.6 Å². The summed E-state index contributed by atoms with van der Waals surface area (Å²) in [4.78, 5) is 41.2. The van der Waals surface area contributed by atoms with Crippen LogP contribution in [0.15, 0.2) is 18.2 Å². The van der Waals surface area contributed by atoms with Crippen LogP contribution in [0, 0.1) is 19.8 Å². The van der Waals surface area contributed by atoms with Gasteiger partial charge in [-0.15, -0.1) is 0 Å². The Labute approximate surface area is 159 Å². The van der Waals surface area contributed by atoms with Crippen molar-refractivity contribution in [3.63, 3.8) is 0 Å². The van der Waals surface area contributed by atoms with E-state index in [2.05, 4.69) is 6.07 Å². The quantitative estimate of drug-likeness (QED) is 0.750. The van der Waals surface area contributed by atoms with Crippen molar-refractivity contribution >= 4 is 23.5 Å². The second-order valence-corrected chi connectivity index (χ2v) is 8.15. The maximum Gasteiger partial charge on any atom is 0.307 e. The average Bonchev–Trinajstić information content (AvgIpc) is 3.20. The summed E-state index contributed by atoms with van der Waals surface area (Å²) >= 11 is 0. The second kappa shape index (κ2) is 6.66. The standard InChI is InChI=1S/C21H26N2O4/c1-14-9-15(2)11-16(10-14)23-8-7-22(13-18(23)24)20(26)17-12-19(25)27-21(17)5-3-4-6-21/h9-11,17H,3-8,12-13H2,1-2H3/t17-/m0/s1. The van der Waals surface area contributed by atoms with E-state index in [1.165, 1.54) is 0 Å². The van der Waals surface area contributed by atoms with Crippen molar-refractivity contribution < 1.29 is 19.1 Å². The predicted molar refractivity (Wildman–Crippen MR) is 100 cm³/mol. The molecule has 144 valence electrons. The number of hydrogen-bond donors (Lipinski definition) is 0. The Bertz CT molecular complexity index is 777. The first-order valence-corrected chi connectivity index (χ1v) is 9.77. The van der Waals surface area contributed by atoms with Crippen LogP contribution < -0.4 is 4.90 Å². The van der Waals surface area contributed by atoms with Gasteiger partial charge >= 0.3 is 5.97 Å². The summed E-state index contributed by atoms with van der Waals surface area (Å²) in [7, 11) is 0. The number of amides is 2. The van der Waals surface area contributed by atoms with E-state index in [1.807, 2.05) is 26.0 Å². The van der Waals surface area contributed by atoms with Crippen LogP contribution >= 0.6 is 0 Å². The molecule has 2 heterocycles. The number of nitrogens with zero attached hydrogens (tertiary/aromatic N) is 2. The van der Waals surface area contributed by atoms with Gasteiger partial charge in [0.15, 0.2) is 0 Å². The summed E-state index contributed by atoms with van der Waals surface area (Å²) in [6.07, 6.45) is 3.62. The molecule has 1 aromatic carbocycles. The van der Waals surface area contributed by atoms with E-state index >= 15 is 0 Å². The molecular formula is C21H26N2O4. The molecule has 1 saturated carbocycles. The third-order valence-electron chi connectivity index (χ3n) is 6.12. The maximum atomic E-state index is 13.1. The molecule has 1 aliphatic carbocycles. The lowest BCUT2D eigenvalue weighted by Crippen LogP contribution is -2.55. The lowest BCUT2D eigenvalue weighted by molar-refractivity contribution is -0.152. The van der Waals surface area contributed by atoms with E-state index in [0.29, 0.717) is 13.1 Å². The Balaban J connectivity index is 1.48. The van der Waals surface area contributed by atoms with Gasteiger partial charge in [0.1, 0.15) is 12.1 Å². The summed E-state index contributed by atoms with van der Waals surface area (Å²) in [5.41, 5.74) is 2.49. The van der Waals surface area contributed by atoms with Crippen molar-refractivity contribution in [3.8, 4) is 0 Å². The molecule has 2 saturated heterocycles. The van der Waals surface area contributed by atoms with Gasteiger partial charge in [-0.05, 0) is 62.8 Å². The molecule has 6 heteroatoms. The first-order valence-electron chi connectivity index (χ1n) is 9.77. The fraction of sp³-hybridized carbons (Fsp3) is 0.571. The van der Waals surface area contributed by atoms with Gasteiger partial charge in [-0.2, -0.15) is 0 Å². The fourth-order valence-corrected chi connectivity index (χ4v) is 4.89. The van der Waals surface area contributed by atoms with Gasteiger partial charge in [0.2, 0.25) is 11.8 Å². The molecule has 0 bridgehead atoms. The average molecular weight is 370 g/mol. The molecule has 6 nitrogen and oxygen atoms in total. The number of benzene rings is 1. The third-order valence-corrected chi connectivity index (χ3v) is 6.12. The van der Waals surface area contributed by atoms with Crippen molar-refractivity contribution in [1.82, 2.24) is 4.90 Å². The summed E-state index contributed by atoms with van der Waals surface area (Å²) < 4.78 is 5.60. The van der Waals surface area contributed by atoms with Crippen LogP contribution in [0.3, 0.4) is 0 Å². The summed E-state index contributed by atoms with van der Waals surface area (Å²) in [5.74, 6) is -0.898. The first-order chi connectivity index (χ1) is 12.9. The van der Waals surface area contributed by atoms with E-state index in [9.17, 15) is 14.4 Å². The van der Waals surface area contributed by atoms with Crippen LogP contribution in [0.5, 0.6) is 0 Å². The van der Waals surface area contributed by atoms with Crippen LogP contribution in [0.2, 0.25) is 0 Å². The molecule has 2 aliphatic heterocycles. The highest BCUT2D eigenvalue weighted by molar-refractivity contribution is 5.99. The zero-order valence-corrected chi connectivity index (χ0v) is 16.0. The predicted octanol–water partition coefficient (Wildman–Crippen LogP) is 2.35. The minimum absolute atomic E-state index is 0.0621. The third kappa shape index (κ3) is 3.22. The minimum Gasteiger partial charge on any atom is -0.458 e. The van der Waals surface area contributed by atoms with Crippen LogP contribution in [0.1, 0.15) is 43.2 Å². The highest BCUT2D eigenvalue weighted by Crippen LogP contribution is 2.46. The van der Waals surface area contributed by atoms with Gasteiger partial charge in [-0.25, -0.2) is 0 Å². The largest absolute Gasteiger partial charge is 0.458 e. The number of rotatable bonds is 2. The number of ether oxygens (including phenoxy) is 1. The van der Waals surface area contributed by atoms with Crippen molar-refractivity contribution in [2.24, 2.45) is 5.92 Å². The van der Waals surface area contributed by atoms with Crippen molar-refractivity contribution in [2.75, 3.05) is 24.5 Å². The van der Waals surface area contributed by atoms with Gasteiger partial charge < -0.3 is 14.5 Å².